The predicted molar refractivity (Wildman–Crippen MR) is 52.2 cm³/mol. The van der Waals surface area contributed by atoms with Gasteiger partial charge in [0, 0.05) is 6.07 Å². The van der Waals surface area contributed by atoms with Crippen LogP contribution in [0.15, 0.2) is 16.7 Å². The molecule has 0 radical (unpaired) electrons. The van der Waals surface area contributed by atoms with Crippen LogP contribution >= 0.6 is 11.3 Å². The van der Waals surface area contributed by atoms with Crippen molar-refractivity contribution < 1.29 is 9.45 Å². The van der Waals surface area contributed by atoms with Crippen LogP contribution in [-0.2, 0) is 6.54 Å². The normalized spacial score (nSPS) is 10.5. The molecule has 15 heavy (non-hydrogen) atoms. The van der Waals surface area contributed by atoms with Crippen LogP contribution in [-0.4, -0.2) is 15.1 Å². The minimum absolute atomic E-state index is 0.0394. The number of hydrogen-bond donors (Lipinski definition) is 1. The van der Waals surface area contributed by atoms with E-state index in [0.717, 1.165) is 11.3 Å². The van der Waals surface area contributed by atoms with Crippen molar-refractivity contribution in [1.29, 1.82) is 0 Å². The summed E-state index contributed by atoms with van der Waals surface area (Å²) in [5.41, 5.74) is 5.30. The summed E-state index contributed by atoms with van der Waals surface area (Å²) in [5.74, 6) is 0.634. The van der Waals surface area contributed by atoms with Gasteiger partial charge in [-0.1, -0.05) is 16.5 Å². The van der Waals surface area contributed by atoms with Crippen LogP contribution in [0.4, 0.5) is 5.00 Å². The van der Waals surface area contributed by atoms with E-state index in [0.29, 0.717) is 10.7 Å². The third-order valence-electron chi connectivity index (χ3n) is 1.63. The maximum absolute atomic E-state index is 10.4. The van der Waals surface area contributed by atoms with E-state index in [1.165, 1.54) is 6.07 Å². The number of thiophene rings is 1. The molecule has 0 fully saturated rings. The van der Waals surface area contributed by atoms with Gasteiger partial charge in [0.15, 0.2) is 5.82 Å². The standard InChI is InChI=1S/C7H6N4O3S/c8-3-5-9-7(14-10-5)4-1-2-6(15-4)11(12)13/h1-2H,3,8H2. The quantitative estimate of drug-likeness (QED) is 0.621. The number of aromatic nitrogens is 2. The zero-order chi connectivity index (χ0) is 10.8. The summed E-state index contributed by atoms with van der Waals surface area (Å²) < 4.78 is 4.88. The SMILES string of the molecule is NCc1noc(-c2ccc([N+](=O)[O-])s2)n1. The molecule has 2 N–H and O–H groups in total. The summed E-state index contributed by atoms with van der Waals surface area (Å²) in [6.45, 7) is 0.178. The predicted octanol–water partition coefficient (Wildman–Crippen LogP) is 1.17. The highest BCUT2D eigenvalue weighted by Gasteiger charge is 2.15. The van der Waals surface area contributed by atoms with Crippen LogP contribution in [0, 0.1) is 10.1 Å². The molecule has 0 aliphatic heterocycles. The second-order valence-corrected chi connectivity index (χ2v) is 3.68. The number of nitrogens with zero attached hydrogens (tertiary/aromatic N) is 3. The number of nitrogens with two attached hydrogens (primary N) is 1. The summed E-state index contributed by atoms with van der Waals surface area (Å²) in [6, 6.07) is 2.96. The Labute approximate surface area is 87.7 Å². The summed E-state index contributed by atoms with van der Waals surface area (Å²) in [7, 11) is 0. The van der Waals surface area contributed by atoms with Gasteiger partial charge in [-0.3, -0.25) is 10.1 Å². The molecular formula is C7H6N4O3S. The van der Waals surface area contributed by atoms with Gasteiger partial charge in [0.1, 0.15) is 0 Å². The van der Waals surface area contributed by atoms with E-state index < -0.39 is 4.92 Å². The smallest absolute Gasteiger partial charge is 0.324 e. The zero-order valence-corrected chi connectivity index (χ0v) is 8.23. The molecule has 0 saturated carbocycles. The topological polar surface area (TPSA) is 108 Å². The Bertz CT molecular complexity index is 492. The van der Waals surface area contributed by atoms with E-state index >= 15 is 0 Å². The zero-order valence-electron chi connectivity index (χ0n) is 7.41. The van der Waals surface area contributed by atoms with Gasteiger partial charge in [-0.15, -0.1) is 0 Å². The maximum atomic E-state index is 10.4. The average molecular weight is 226 g/mol. The molecule has 2 rings (SSSR count). The van der Waals surface area contributed by atoms with E-state index in [-0.39, 0.29) is 17.4 Å². The van der Waals surface area contributed by atoms with Crippen molar-refractivity contribution in [3.8, 4) is 10.8 Å². The summed E-state index contributed by atoms with van der Waals surface area (Å²) >= 11 is 0.982. The fourth-order valence-corrected chi connectivity index (χ4v) is 1.72. The summed E-state index contributed by atoms with van der Waals surface area (Å²) in [4.78, 5) is 14.5. The minimum atomic E-state index is -0.464. The van der Waals surface area contributed by atoms with Crippen LogP contribution in [0.5, 0.6) is 0 Å². The second-order valence-electron chi connectivity index (χ2n) is 2.61. The van der Waals surface area contributed by atoms with E-state index in [2.05, 4.69) is 10.1 Å². The van der Waals surface area contributed by atoms with Gasteiger partial charge in [-0.05, 0) is 6.07 Å². The van der Waals surface area contributed by atoms with Crippen LogP contribution < -0.4 is 5.73 Å². The van der Waals surface area contributed by atoms with Crippen molar-refractivity contribution in [3.05, 3.63) is 28.1 Å². The Hall–Kier alpha value is -1.80. The maximum Gasteiger partial charge on any atom is 0.324 e. The van der Waals surface area contributed by atoms with Crippen molar-refractivity contribution in [2.24, 2.45) is 5.73 Å². The monoisotopic (exact) mass is 226 g/mol. The van der Waals surface area contributed by atoms with Crippen molar-refractivity contribution in [2.75, 3.05) is 0 Å². The fraction of sp³-hybridized carbons (Fsp3) is 0.143. The van der Waals surface area contributed by atoms with Crippen molar-refractivity contribution in [1.82, 2.24) is 10.1 Å². The molecule has 0 atom stereocenters. The van der Waals surface area contributed by atoms with E-state index in [1.54, 1.807) is 6.07 Å². The Kier molecular flexibility index (Phi) is 2.44. The third kappa shape index (κ3) is 1.85. The number of rotatable bonds is 3. The molecule has 8 heteroatoms. The highest BCUT2D eigenvalue weighted by atomic mass is 32.1. The number of hydrogen-bond acceptors (Lipinski definition) is 7. The Morgan fingerprint density at radius 1 is 1.60 bits per heavy atom. The molecule has 0 unspecified atom stereocenters. The highest BCUT2D eigenvalue weighted by molar-refractivity contribution is 7.18. The lowest BCUT2D eigenvalue weighted by Crippen LogP contribution is -1.97. The lowest BCUT2D eigenvalue weighted by atomic mass is 10.4. The van der Waals surface area contributed by atoms with E-state index in [1.807, 2.05) is 0 Å². The fourth-order valence-electron chi connectivity index (χ4n) is 0.978. The molecule has 78 valence electrons. The minimum Gasteiger partial charge on any atom is -0.333 e. The van der Waals surface area contributed by atoms with Gasteiger partial charge in [0.05, 0.1) is 16.3 Å². The van der Waals surface area contributed by atoms with Crippen molar-refractivity contribution in [3.63, 3.8) is 0 Å². The van der Waals surface area contributed by atoms with Gasteiger partial charge in [-0.25, -0.2) is 0 Å². The third-order valence-corrected chi connectivity index (χ3v) is 2.66. The van der Waals surface area contributed by atoms with Crippen LogP contribution in [0.3, 0.4) is 0 Å². The Morgan fingerprint density at radius 3 is 2.93 bits per heavy atom. The summed E-state index contributed by atoms with van der Waals surface area (Å²) in [6.07, 6.45) is 0. The van der Waals surface area contributed by atoms with Crippen molar-refractivity contribution in [2.45, 2.75) is 6.54 Å². The first-order chi connectivity index (χ1) is 7.20. The average Bonchev–Trinajstić information content (AvgIpc) is 2.86. The Morgan fingerprint density at radius 2 is 2.40 bits per heavy atom. The molecule has 0 aromatic carbocycles. The molecule has 0 bridgehead atoms. The first-order valence-corrected chi connectivity index (χ1v) is 4.79. The largest absolute Gasteiger partial charge is 0.333 e. The van der Waals surface area contributed by atoms with E-state index in [9.17, 15) is 10.1 Å². The van der Waals surface area contributed by atoms with Crippen LogP contribution in [0.2, 0.25) is 0 Å². The molecule has 0 amide bonds. The molecule has 2 aromatic rings. The summed E-state index contributed by atoms with van der Waals surface area (Å²) in [5, 5.41) is 14.1. The van der Waals surface area contributed by atoms with E-state index in [4.69, 9.17) is 10.3 Å². The molecular weight excluding hydrogens is 220 g/mol. The number of nitro groups is 1. The second kappa shape index (κ2) is 3.75. The first kappa shape index (κ1) is 9.74. The molecule has 0 spiro atoms. The molecule has 0 saturated heterocycles. The Balaban J connectivity index is 2.32. The van der Waals surface area contributed by atoms with Gasteiger partial charge >= 0.3 is 5.00 Å². The molecule has 7 nitrogen and oxygen atoms in total. The molecule has 0 aliphatic rings. The van der Waals surface area contributed by atoms with Gasteiger partial charge in [-0.2, -0.15) is 4.98 Å². The van der Waals surface area contributed by atoms with Gasteiger partial charge in [0.2, 0.25) is 0 Å². The molecule has 2 aromatic heterocycles. The first-order valence-electron chi connectivity index (χ1n) is 3.98. The molecule has 0 aliphatic carbocycles. The lowest BCUT2D eigenvalue weighted by molar-refractivity contribution is -0.380. The van der Waals surface area contributed by atoms with Crippen molar-refractivity contribution >= 4 is 16.3 Å². The highest BCUT2D eigenvalue weighted by Crippen LogP contribution is 2.31. The van der Waals surface area contributed by atoms with Gasteiger partial charge in [0.25, 0.3) is 5.89 Å². The van der Waals surface area contributed by atoms with Crippen LogP contribution in [0.1, 0.15) is 5.82 Å². The molecule has 2 heterocycles. The van der Waals surface area contributed by atoms with Crippen LogP contribution in [0.25, 0.3) is 10.8 Å². The van der Waals surface area contributed by atoms with Gasteiger partial charge < -0.3 is 10.3 Å². The lowest BCUT2D eigenvalue weighted by Gasteiger charge is -1.83.